The number of sulfonamides is 1. The van der Waals surface area contributed by atoms with Crippen LogP contribution in [-0.4, -0.2) is 33.3 Å². The van der Waals surface area contributed by atoms with Crippen LogP contribution in [-0.2, 0) is 19.7 Å². The summed E-state index contributed by atoms with van der Waals surface area (Å²) < 4.78 is 26.0. The topological polar surface area (TPSA) is 96.9 Å². The number of benzene rings is 1. The second kappa shape index (κ2) is 4.98. The zero-order valence-electron chi connectivity index (χ0n) is 10.4. The summed E-state index contributed by atoms with van der Waals surface area (Å²) in [4.78, 5) is 20.2. The van der Waals surface area contributed by atoms with Crippen molar-refractivity contribution in [3.05, 3.63) is 29.8 Å². The van der Waals surface area contributed by atoms with Crippen LogP contribution in [0, 0.1) is 0 Å². The van der Waals surface area contributed by atoms with Gasteiger partial charge in [-0.05, 0) is 19.1 Å². The third kappa shape index (κ3) is 2.59. The Balaban J connectivity index is 2.36. The molecule has 0 aromatic heterocycles. The van der Waals surface area contributed by atoms with Crippen molar-refractivity contribution in [3.8, 4) is 0 Å². The molecule has 0 saturated carbocycles. The van der Waals surface area contributed by atoms with Crippen molar-refractivity contribution in [1.29, 1.82) is 0 Å². The maximum absolute atomic E-state index is 11.8. The van der Waals surface area contributed by atoms with Gasteiger partial charge in [-0.25, -0.2) is 13.9 Å². The maximum Gasteiger partial charge on any atom is 0.268 e. The average molecular weight is 283 g/mol. The molecule has 8 heteroatoms. The third-order valence-corrected chi connectivity index (χ3v) is 3.96. The van der Waals surface area contributed by atoms with Crippen molar-refractivity contribution in [2.45, 2.75) is 17.9 Å². The highest BCUT2D eigenvalue weighted by Gasteiger charge is 2.31. The smallest absolute Gasteiger partial charge is 0.268 e. The molecule has 0 radical (unpaired) electrons. The lowest BCUT2D eigenvalue weighted by molar-refractivity contribution is -0.132. The van der Waals surface area contributed by atoms with Crippen molar-refractivity contribution in [2.24, 2.45) is 4.99 Å². The van der Waals surface area contributed by atoms with E-state index in [-0.39, 0.29) is 10.7 Å². The third-order valence-electron chi connectivity index (χ3n) is 2.57. The second-order valence-corrected chi connectivity index (χ2v) is 5.58. The van der Waals surface area contributed by atoms with Gasteiger partial charge >= 0.3 is 0 Å². The van der Waals surface area contributed by atoms with E-state index in [1.54, 1.807) is 18.2 Å². The van der Waals surface area contributed by atoms with Crippen LogP contribution in [0.2, 0.25) is 0 Å². The number of amides is 1. The summed E-state index contributed by atoms with van der Waals surface area (Å²) in [6.45, 7) is 1.54. The lowest BCUT2D eigenvalue weighted by Crippen LogP contribution is -2.33. The number of carbonyl (C=O) groups excluding carboxylic acids is 1. The zero-order chi connectivity index (χ0) is 14.0. The van der Waals surface area contributed by atoms with E-state index in [4.69, 9.17) is 0 Å². The highest BCUT2D eigenvalue weighted by molar-refractivity contribution is 7.90. The highest BCUT2D eigenvalue weighted by atomic mass is 32.2. The molecule has 1 aromatic carbocycles. The molecule has 2 rings (SSSR count). The number of hydrogen-bond acceptors (Lipinski definition) is 5. The van der Waals surface area contributed by atoms with Crippen molar-refractivity contribution in [3.63, 3.8) is 0 Å². The Kier molecular flexibility index (Phi) is 3.54. The molecular formula is C11H13N3O4S. The number of carbonyl (C=O) groups is 1. The standard InChI is InChI=1S/C11H13N3O4S/c1-7(11(15)13-18-2)12-10-8-5-3-4-6-9(8)19(16,17)14-10/h3-7H,1-2H3,(H,12,14)(H,13,15). The number of hydrogen-bond donors (Lipinski definition) is 2. The normalized spacial score (nSPS) is 19.6. The van der Waals surface area contributed by atoms with E-state index in [2.05, 4.69) is 20.0 Å². The van der Waals surface area contributed by atoms with Crippen LogP contribution < -0.4 is 10.2 Å². The molecule has 7 nitrogen and oxygen atoms in total. The Morgan fingerprint density at radius 3 is 2.79 bits per heavy atom. The lowest BCUT2D eigenvalue weighted by Gasteiger charge is -2.07. The summed E-state index contributed by atoms with van der Waals surface area (Å²) >= 11 is 0. The molecule has 1 amide bonds. The molecule has 0 saturated heterocycles. The summed E-state index contributed by atoms with van der Waals surface area (Å²) in [6.07, 6.45) is 0. The van der Waals surface area contributed by atoms with E-state index < -0.39 is 22.0 Å². The average Bonchev–Trinajstić information content (AvgIpc) is 2.62. The number of nitrogens with zero attached hydrogens (tertiary/aromatic N) is 1. The molecule has 1 unspecified atom stereocenters. The van der Waals surface area contributed by atoms with Crippen LogP contribution in [0.5, 0.6) is 0 Å². The number of amidine groups is 1. The summed E-state index contributed by atoms with van der Waals surface area (Å²) in [6, 6.07) is 5.68. The fourth-order valence-electron chi connectivity index (χ4n) is 1.67. The van der Waals surface area contributed by atoms with E-state index >= 15 is 0 Å². The molecule has 102 valence electrons. The van der Waals surface area contributed by atoms with E-state index in [1.165, 1.54) is 20.1 Å². The number of aliphatic imine (C=N–C) groups is 1. The van der Waals surface area contributed by atoms with Crippen LogP contribution in [0.3, 0.4) is 0 Å². The first-order valence-electron chi connectivity index (χ1n) is 5.48. The predicted octanol–water partition coefficient (Wildman–Crippen LogP) is -0.209. The molecule has 1 aromatic rings. The SMILES string of the molecule is CONC(=O)C(C)N=C1NS(=O)(=O)c2ccccc21. The van der Waals surface area contributed by atoms with Crippen molar-refractivity contribution >= 4 is 21.8 Å². The summed E-state index contributed by atoms with van der Waals surface area (Å²) in [5.41, 5.74) is 2.60. The van der Waals surface area contributed by atoms with Gasteiger partial charge in [0.2, 0.25) is 0 Å². The van der Waals surface area contributed by atoms with Gasteiger partial charge < -0.3 is 0 Å². The van der Waals surface area contributed by atoms with Crippen LogP contribution in [0.25, 0.3) is 0 Å². The Bertz CT molecular complexity index is 639. The van der Waals surface area contributed by atoms with Crippen molar-refractivity contribution in [2.75, 3.05) is 7.11 Å². The van der Waals surface area contributed by atoms with Gasteiger partial charge in [-0.2, -0.15) is 0 Å². The van der Waals surface area contributed by atoms with E-state index in [0.717, 1.165) is 0 Å². The molecule has 0 spiro atoms. The molecule has 0 aliphatic carbocycles. The lowest BCUT2D eigenvalue weighted by atomic mass is 10.2. The molecule has 1 heterocycles. The molecule has 0 fully saturated rings. The first-order chi connectivity index (χ1) is 8.95. The van der Waals surface area contributed by atoms with Crippen LogP contribution in [0.1, 0.15) is 12.5 Å². The molecule has 1 atom stereocenters. The molecule has 1 aliphatic rings. The maximum atomic E-state index is 11.8. The van der Waals surface area contributed by atoms with Gasteiger partial charge in [0, 0.05) is 5.56 Å². The number of hydroxylamine groups is 1. The van der Waals surface area contributed by atoms with Crippen LogP contribution >= 0.6 is 0 Å². The number of rotatable bonds is 3. The Hall–Kier alpha value is -1.93. The first kappa shape index (κ1) is 13.5. The van der Waals surface area contributed by atoms with Gasteiger partial charge in [-0.3, -0.25) is 19.3 Å². The van der Waals surface area contributed by atoms with Gasteiger partial charge in [-0.1, -0.05) is 12.1 Å². The second-order valence-electron chi connectivity index (χ2n) is 3.93. The van der Waals surface area contributed by atoms with E-state index in [9.17, 15) is 13.2 Å². The fraction of sp³-hybridized carbons (Fsp3) is 0.273. The first-order valence-corrected chi connectivity index (χ1v) is 6.97. The van der Waals surface area contributed by atoms with Crippen LogP contribution in [0.15, 0.2) is 34.2 Å². The van der Waals surface area contributed by atoms with E-state index in [1.807, 2.05) is 0 Å². The Morgan fingerprint density at radius 1 is 1.42 bits per heavy atom. The van der Waals surface area contributed by atoms with Crippen molar-refractivity contribution in [1.82, 2.24) is 10.2 Å². The zero-order valence-corrected chi connectivity index (χ0v) is 11.2. The molecular weight excluding hydrogens is 270 g/mol. The quantitative estimate of drug-likeness (QED) is 0.750. The van der Waals surface area contributed by atoms with E-state index in [0.29, 0.717) is 5.56 Å². The van der Waals surface area contributed by atoms with Gasteiger partial charge in [0.05, 0.1) is 12.0 Å². The molecule has 0 bridgehead atoms. The minimum Gasteiger partial charge on any atom is -0.277 e. The number of nitrogens with one attached hydrogen (secondary N) is 2. The summed E-state index contributed by atoms with van der Waals surface area (Å²) in [5.74, 6) is -0.298. The highest BCUT2D eigenvalue weighted by Crippen LogP contribution is 2.22. The Morgan fingerprint density at radius 2 is 2.11 bits per heavy atom. The number of fused-ring (bicyclic) bond motifs is 1. The Labute approximate surface area is 110 Å². The van der Waals surface area contributed by atoms with Gasteiger partial charge in [-0.15, -0.1) is 0 Å². The monoisotopic (exact) mass is 283 g/mol. The van der Waals surface area contributed by atoms with Crippen molar-refractivity contribution < 1.29 is 18.0 Å². The minimum atomic E-state index is -3.58. The molecule has 1 aliphatic heterocycles. The fourth-order valence-corrected chi connectivity index (χ4v) is 2.91. The largest absolute Gasteiger partial charge is 0.277 e. The summed E-state index contributed by atoms with van der Waals surface area (Å²) in [5, 5.41) is 0. The molecule has 2 N–H and O–H groups in total. The van der Waals surface area contributed by atoms with Crippen LogP contribution in [0.4, 0.5) is 0 Å². The minimum absolute atomic E-state index is 0.160. The summed E-state index contributed by atoms with van der Waals surface area (Å²) in [7, 11) is -2.27. The molecule has 19 heavy (non-hydrogen) atoms. The predicted molar refractivity (Wildman–Crippen MR) is 67.9 cm³/mol. The van der Waals surface area contributed by atoms with Gasteiger partial charge in [0.15, 0.2) is 0 Å². The van der Waals surface area contributed by atoms with Gasteiger partial charge in [0.1, 0.15) is 11.9 Å². The van der Waals surface area contributed by atoms with Gasteiger partial charge in [0.25, 0.3) is 15.9 Å².